The average molecular weight is 167 g/mol. The number of allylic oxidation sites excluding steroid dienone is 4. The summed E-state index contributed by atoms with van der Waals surface area (Å²) in [6.45, 7) is 5.87. The van der Waals surface area contributed by atoms with E-state index < -0.39 is 0 Å². The summed E-state index contributed by atoms with van der Waals surface area (Å²) in [4.78, 5) is 0. The molecular weight excluding hydrogens is 153 g/mol. The van der Waals surface area contributed by atoms with Crippen LogP contribution in [0.3, 0.4) is 0 Å². The van der Waals surface area contributed by atoms with Gasteiger partial charge in [0, 0.05) is 0 Å². The first-order valence-corrected chi connectivity index (χ1v) is 4.20. The second-order valence-corrected chi connectivity index (χ2v) is 2.43. The first-order valence-electron chi connectivity index (χ1n) is 4.20. The maximum absolute atomic E-state index is 12.7. The van der Waals surface area contributed by atoms with E-state index in [1.54, 1.807) is 0 Å². The lowest BCUT2D eigenvalue weighted by molar-refractivity contribution is 0.638. The van der Waals surface area contributed by atoms with Crippen molar-refractivity contribution in [3.05, 3.63) is 23.0 Å². The summed E-state index contributed by atoms with van der Waals surface area (Å²) >= 11 is 0. The van der Waals surface area contributed by atoms with E-state index >= 15 is 0 Å². The summed E-state index contributed by atoms with van der Waals surface area (Å²) in [6.07, 6.45) is 2.81. The van der Waals surface area contributed by atoms with Crippen LogP contribution in [-0.4, -0.2) is 0 Å². The van der Waals surface area contributed by atoms with Gasteiger partial charge in [0.2, 0.25) is 0 Å². The Morgan fingerprint density at radius 2 is 2.00 bits per heavy atom. The number of hydrogen-bond acceptors (Lipinski definition) is 1. The predicted molar refractivity (Wildman–Crippen MR) is 48.1 cm³/mol. The zero-order chi connectivity index (χ0) is 9.56. The minimum atomic E-state index is -0.355. The van der Waals surface area contributed by atoms with E-state index in [0.717, 1.165) is 12.0 Å². The van der Waals surface area contributed by atoms with Crippen LogP contribution < -0.4 is 0 Å². The van der Waals surface area contributed by atoms with Crippen molar-refractivity contribution in [3.8, 4) is 6.07 Å². The predicted octanol–water partition coefficient (Wildman–Crippen LogP) is 3.50. The van der Waals surface area contributed by atoms with Crippen LogP contribution in [0.5, 0.6) is 0 Å². The molecule has 0 bridgehead atoms. The normalized spacial score (nSPS) is 15.8. The lowest BCUT2D eigenvalue weighted by Gasteiger charge is -2.06. The summed E-state index contributed by atoms with van der Waals surface area (Å²) in [5, 5.41) is 8.37. The number of halogens is 1. The Balaban J connectivity index is 0.000000561. The highest BCUT2D eigenvalue weighted by atomic mass is 19.1. The molecule has 0 saturated heterocycles. The quantitative estimate of drug-likeness (QED) is 0.541. The average Bonchev–Trinajstić information content (AvgIpc) is 2.08. The van der Waals surface area contributed by atoms with Crippen molar-refractivity contribution in [2.24, 2.45) is 0 Å². The Hall–Kier alpha value is -1.10. The van der Waals surface area contributed by atoms with Gasteiger partial charge in [-0.2, -0.15) is 5.26 Å². The van der Waals surface area contributed by atoms with E-state index in [4.69, 9.17) is 5.26 Å². The molecule has 12 heavy (non-hydrogen) atoms. The van der Waals surface area contributed by atoms with Gasteiger partial charge in [0.1, 0.15) is 5.83 Å². The van der Waals surface area contributed by atoms with Gasteiger partial charge in [-0.15, -0.1) is 0 Å². The first kappa shape index (κ1) is 10.9. The zero-order valence-electron chi connectivity index (χ0n) is 7.82. The molecule has 0 N–H and O–H groups in total. The summed E-state index contributed by atoms with van der Waals surface area (Å²) in [6, 6.07) is 1.83. The Morgan fingerprint density at radius 3 is 2.42 bits per heavy atom. The van der Waals surface area contributed by atoms with Gasteiger partial charge >= 0.3 is 0 Å². The first-order chi connectivity index (χ1) is 5.74. The third-order valence-electron chi connectivity index (χ3n) is 1.57. The van der Waals surface area contributed by atoms with Crippen molar-refractivity contribution in [3.63, 3.8) is 0 Å². The van der Waals surface area contributed by atoms with Gasteiger partial charge in [0.15, 0.2) is 0 Å². The highest BCUT2D eigenvalue weighted by Crippen LogP contribution is 2.23. The molecule has 1 nitrogen and oxygen atoms in total. The van der Waals surface area contributed by atoms with Gasteiger partial charge in [0.05, 0.1) is 11.6 Å². The van der Waals surface area contributed by atoms with Gasteiger partial charge in [-0.1, -0.05) is 19.4 Å². The molecule has 0 spiro atoms. The van der Waals surface area contributed by atoms with Crippen molar-refractivity contribution in [1.29, 1.82) is 5.26 Å². The molecule has 0 aromatic rings. The number of nitrogens with zero attached hydrogens (tertiary/aromatic N) is 1. The number of nitriles is 1. The molecule has 1 aliphatic rings. The third-order valence-corrected chi connectivity index (χ3v) is 1.57. The molecule has 0 aromatic carbocycles. The number of rotatable bonds is 0. The Bertz CT molecular complexity index is 243. The lowest BCUT2D eigenvalue weighted by atomic mass is 10.00. The van der Waals surface area contributed by atoms with Crippen molar-refractivity contribution < 1.29 is 4.39 Å². The van der Waals surface area contributed by atoms with Crippen molar-refractivity contribution >= 4 is 0 Å². The second kappa shape index (κ2) is 5.54. The third kappa shape index (κ3) is 2.87. The van der Waals surface area contributed by atoms with Gasteiger partial charge in [-0.05, 0) is 25.8 Å². The molecule has 2 heteroatoms. The van der Waals surface area contributed by atoms with Crippen LogP contribution in [0.15, 0.2) is 23.0 Å². The zero-order valence-corrected chi connectivity index (χ0v) is 7.82. The molecule has 0 atom stereocenters. The fraction of sp³-hybridized carbons (Fsp3) is 0.500. The van der Waals surface area contributed by atoms with E-state index in [1.165, 1.54) is 6.08 Å². The van der Waals surface area contributed by atoms with Crippen LogP contribution in [-0.2, 0) is 0 Å². The van der Waals surface area contributed by atoms with Crippen LogP contribution in [0.25, 0.3) is 0 Å². The Labute approximate surface area is 73.2 Å². The molecule has 0 aromatic heterocycles. The van der Waals surface area contributed by atoms with Crippen LogP contribution in [0, 0.1) is 11.3 Å². The molecule has 0 saturated carbocycles. The SMILES string of the molecule is CC.CC1=CC(F)=C(C#N)CC1. The fourth-order valence-electron chi connectivity index (χ4n) is 0.927. The molecule has 1 rings (SSSR count). The molecular formula is C10H14FN. The lowest BCUT2D eigenvalue weighted by Crippen LogP contribution is -1.92. The summed E-state index contributed by atoms with van der Waals surface area (Å²) in [5.41, 5.74) is 1.29. The molecule has 0 unspecified atom stereocenters. The smallest absolute Gasteiger partial charge is 0.136 e. The van der Waals surface area contributed by atoms with E-state index in [1.807, 2.05) is 26.8 Å². The minimum absolute atomic E-state index is 0.283. The maximum Gasteiger partial charge on any atom is 0.136 e. The van der Waals surface area contributed by atoms with E-state index in [-0.39, 0.29) is 11.4 Å². The van der Waals surface area contributed by atoms with Crippen LogP contribution in [0.1, 0.15) is 33.6 Å². The Kier molecular flexibility index (Phi) is 5.03. The van der Waals surface area contributed by atoms with Crippen molar-refractivity contribution in [2.75, 3.05) is 0 Å². The molecule has 0 amide bonds. The monoisotopic (exact) mass is 167 g/mol. The van der Waals surface area contributed by atoms with Crippen LogP contribution in [0.2, 0.25) is 0 Å². The standard InChI is InChI=1S/C8H8FN.C2H6/c1-6-2-3-7(5-10)8(9)4-6;1-2/h4H,2-3H2,1H3;1-2H3. The molecule has 0 radical (unpaired) electrons. The summed E-state index contributed by atoms with van der Waals surface area (Å²) in [7, 11) is 0. The molecule has 0 fully saturated rings. The van der Waals surface area contributed by atoms with Crippen LogP contribution >= 0.6 is 0 Å². The van der Waals surface area contributed by atoms with Gasteiger partial charge < -0.3 is 0 Å². The molecule has 0 aliphatic heterocycles. The highest BCUT2D eigenvalue weighted by Gasteiger charge is 2.09. The Morgan fingerprint density at radius 1 is 1.42 bits per heavy atom. The molecule has 0 heterocycles. The van der Waals surface area contributed by atoms with Crippen molar-refractivity contribution in [1.82, 2.24) is 0 Å². The van der Waals surface area contributed by atoms with Gasteiger partial charge in [-0.3, -0.25) is 0 Å². The van der Waals surface area contributed by atoms with E-state index in [0.29, 0.717) is 6.42 Å². The second-order valence-electron chi connectivity index (χ2n) is 2.43. The topological polar surface area (TPSA) is 23.8 Å². The van der Waals surface area contributed by atoms with Gasteiger partial charge in [-0.25, -0.2) is 4.39 Å². The fourth-order valence-corrected chi connectivity index (χ4v) is 0.927. The summed E-state index contributed by atoms with van der Waals surface area (Å²) in [5.74, 6) is -0.355. The largest absolute Gasteiger partial charge is 0.206 e. The van der Waals surface area contributed by atoms with Crippen molar-refractivity contribution in [2.45, 2.75) is 33.6 Å². The van der Waals surface area contributed by atoms with E-state index in [2.05, 4.69) is 0 Å². The minimum Gasteiger partial charge on any atom is -0.206 e. The molecule has 1 aliphatic carbocycles. The maximum atomic E-state index is 12.7. The van der Waals surface area contributed by atoms with Gasteiger partial charge in [0.25, 0.3) is 0 Å². The number of hydrogen-bond donors (Lipinski definition) is 0. The highest BCUT2D eigenvalue weighted by molar-refractivity contribution is 5.36. The molecule has 66 valence electrons. The van der Waals surface area contributed by atoms with E-state index in [9.17, 15) is 4.39 Å². The van der Waals surface area contributed by atoms with Crippen LogP contribution in [0.4, 0.5) is 4.39 Å². The summed E-state index contributed by atoms with van der Waals surface area (Å²) < 4.78 is 12.7.